The Morgan fingerprint density at radius 3 is 2.85 bits per heavy atom. The maximum Gasteiger partial charge on any atom is 0.261 e. The van der Waals surface area contributed by atoms with Crippen molar-refractivity contribution in [2.24, 2.45) is 0 Å². The van der Waals surface area contributed by atoms with Crippen molar-refractivity contribution >= 4 is 33.2 Å². The SMILES string of the molecule is Nc1cccc(Cl)c1-c1nc(-c2cncc(Br)c2)no1. The van der Waals surface area contributed by atoms with E-state index in [4.69, 9.17) is 21.9 Å². The number of aromatic nitrogens is 3. The smallest absolute Gasteiger partial charge is 0.261 e. The zero-order valence-electron chi connectivity index (χ0n) is 10.0. The standard InChI is InChI=1S/C13H8BrClN4O/c14-8-4-7(5-17-6-8)12-18-13(20-19-12)11-9(15)2-1-3-10(11)16/h1-6H,16H2. The van der Waals surface area contributed by atoms with Crippen LogP contribution in [0.4, 0.5) is 5.69 Å². The molecule has 2 N–H and O–H groups in total. The summed E-state index contributed by atoms with van der Waals surface area (Å²) < 4.78 is 6.07. The third kappa shape index (κ3) is 2.39. The third-order valence-corrected chi connectivity index (χ3v) is 3.40. The number of nitrogens with zero attached hydrogens (tertiary/aromatic N) is 3. The predicted molar refractivity (Wildman–Crippen MR) is 80.1 cm³/mol. The van der Waals surface area contributed by atoms with E-state index in [-0.39, 0.29) is 5.89 Å². The highest BCUT2D eigenvalue weighted by Crippen LogP contribution is 2.33. The molecule has 5 nitrogen and oxygen atoms in total. The van der Waals surface area contributed by atoms with Gasteiger partial charge in [0, 0.05) is 28.1 Å². The molecule has 0 amide bonds. The number of hydrogen-bond donors (Lipinski definition) is 1. The summed E-state index contributed by atoms with van der Waals surface area (Å²) in [7, 11) is 0. The number of nitrogens with two attached hydrogens (primary N) is 1. The van der Waals surface area contributed by atoms with Crippen LogP contribution in [-0.2, 0) is 0 Å². The summed E-state index contributed by atoms with van der Waals surface area (Å²) in [5, 5.41) is 4.39. The molecule has 1 aromatic carbocycles. The van der Waals surface area contributed by atoms with E-state index in [0.29, 0.717) is 22.1 Å². The zero-order valence-corrected chi connectivity index (χ0v) is 12.4. The second-order valence-corrected chi connectivity index (χ2v) is 5.34. The quantitative estimate of drug-likeness (QED) is 0.711. The molecule has 0 unspecified atom stereocenters. The van der Waals surface area contributed by atoms with Gasteiger partial charge >= 0.3 is 0 Å². The first-order valence-corrected chi connectivity index (χ1v) is 6.81. The Hall–Kier alpha value is -1.92. The van der Waals surface area contributed by atoms with Crippen molar-refractivity contribution in [2.45, 2.75) is 0 Å². The molecule has 0 spiro atoms. The lowest BCUT2D eigenvalue weighted by Gasteiger charge is -2.01. The van der Waals surface area contributed by atoms with E-state index in [1.165, 1.54) is 0 Å². The van der Waals surface area contributed by atoms with Gasteiger partial charge in [0.05, 0.1) is 10.6 Å². The predicted octanol–water partition coefficient (Wildman–Crippen LogP) is 3.80. The van der Waals surface area contributed by atoms with E-state index < -0.39 is 0 Å². The van der Waals surface area contributed by atoms with Crippen LogP contribution in [0.5, 0.6) is 0 Å². The highest BCUT2D eigenvalue weighted by molar-refractivity contribution is 9.10. The van der Waals surface area contributed by atoms with Gasteiger partial charge in [-0.3, -0.25) is 4.98 Å². The molecule has 3 aromatic rings. The molecule has 0 aliphatic rings. The molecule has 0 fully saturated rings. The minimum atomic E-state index is 0.281. The molecule has 7 heteroatoms. The minimum absolute atomic E-state index is 0.281. The highest BCUT2D eigenvalue weighted by Gasteiger charge is 2.16. The Balaban J connectivity index is 2.07. The van der Waals surface area contributed by atoms with Crippen LogP contribution in [-0.4, -0.2) is 15.1 Å². The Labute approximate surface area is 127 Å². The fraction of sp³-hybridized carbons (Fsp3) is 0. The maximum atomic E-state index is 6.12. The highest BCUT2D eigenvalue weighted by atomic mass is 79.9. The van der Waals surface area contributed by atoms with Crippen LogP contribution >= 0.6 is 27.5 Å². The van der Waals surface area contributed by atoms with E-state index >= 15 is 0 Å². The molecule has 0 atom stereocenters. The van der Waals surface area contributed by atoms with Crippen LogP contribution in [0.25, 0.3) is 22.8 Å². The average molecular weight is 352 g/mol. The number of hydrogen-bond acceptors (Lipinski definition) is 5. The first-order chi connectivity index (χ1) is 9.65. The minimum Gasteiger partial charge on any atom is -0.398 e. The van der Waals surface area contributed by atoms with Crippen molar-refractivity contribution in [2.75, 3.05) is 5.73 Å². The third-order valence-electron chi connectivity index (χ3n) is 2.65. The van der Waals surface area contributed by atoms with Crippen molar-refractivity contribution < 1.29 is 4.52 Å². The van der Waals surface area contributed by atoms with Gasteiger partial charge in [0.15, 0.2) is 0 Å². The van der Waals surface area contributed by atoms with E-state index in [2.05, 4.69) is 31.1 Å². The second kappa shape index (κ2) is 5.22. The van der Waals surface area contributed by atoms with Crippen molar-refractivity contribution in [1.29, 1.82) is 0 Å². The molecule has 20 heavy (non-hydrogen) atoms. The normalized spacial score (nSPS) is 10.7. The van der Waals surface area contributed by atoms with Gasteiger partial charge in [-0.05, 0) is 34.1 Å². The van der Waals surface area contributed by atoms with E-state index in [1.54, 1.807) is 30.6 Å². The van der Waals surface area contributed by atoms with Crippen LogP contribution in [0.1, 0.15) is 0 Å². The fourth-order valence-electron chi connectivity index (χ4n) is 1.74. The summed E-state index contributed by atoms with van der Waals surface area (Å²) in [6, 6.07) is 7.05. The first kappa shape index (κ1) is 13.1. The summed E-state index contributed by atoms with van der Waals surface area (Å²) in [5.74, 6) is 0.705. The molecule has 2 heterocycles. The topological polar surface area (TPSA) is 77.8 Å². The number of halogens is 2. The fourth-order valence-corrected chi connectivity index (χ4v) is 2.37. The van der Waals surface area contributed by atoms with E-state index in [1.807, 2.05) is 6.07 Å². The number of pyridine rings is 1. The van der Waals surface area contributed by atoms with Crippen LogP contribution in [0.15, 0.2) is 45.7 Å². The van der Waals surface area contributed by atoms with Crippen LogP contribution in [0, 0.1) is 0 Å². The molecular formula is C13H8BrClN4O. The van der Waals surface area contributed by atoms with Crippen molar-refractivity contribution in [3.8, 4) is 22.8 Å². The monoisotopic (exact) mass is 350 g/mol. The van der Waals surface area contributed by atoms with Gasteiger partial charge in [-0.2, -0.15) is 4.98 Å². The Morgan fingerprint density at radius 1 is 1.25 bits per heavy atom. The van der Waals surface area contributed by atoms with Crippen LogP contribution < -0.4 is 5.73 Å². The molecular weight excluding hydrogens is 344 g/mol. The van der Waals surface area contributed by atoms with Gasteiger partial charge in [-0.25, -0.2) is 0 Å². The summed E-state index contributed by atoms with van der Waals surface area (Å²) in [5.41, 5.74) is 7.65. The van der Waals surface area contributed by atoms with Crippen LogP contribution in [0.2, 0.25) is 5.02 Å². The molecule has 0 bridgehead atoms. The van der Waals surface area contributed by atoms with Gasteiger partial charge in [-0.1, -0.05) is 22.8 Å². The van der Waals surface area contributed by atoms with Gasteiger partial charge in [0.2, 0.25) is 5.82 Å². The van der Waals surface area contributed by atoms with Gasteiger partial charge in [-0.15, -0.1) is 0 Å². The van der Waals surface area contributed by atoms with E-state index in [9.17, 15) is 0 Å². The number of rotatable bonds is 2. The van der Waals surface area contributed by atoms with Gasteiger partial charge in [0.1, 0.15) is 0 Å². The molecule has 2 aromatic heterocycles. The maximum absolute atomic E-state index is 6.12. The second-order valence-electron chi connectivity index (χ2n) is 4.02. The molecule has 100 valence electrons. The zero-order chi connectivity index (χ0) is 14.1. The number of benzene rings is 1. The summed E-state index contributed by atoms with van der Waals surface area (Å²) in [4.78, 5) is 8.37. The lowest BCUT2D eigenvalue weighted by molar-refractivity contribution is 0.432. The van der Waals surface area contributed by atoms with Gasteiger partial charge < -0.3 is 10.3 Å². The molecule has 3 rings (SSSR count). The molecule has 0 aliphatic carbocycles. The summed E-state index contributed by atoms with van der Waals surface area (Å²) in [6.45, 7) is 0. The molecule has 0 radical (unpaired) electrons. The first-order valence-electron chi connectivity index (χ1n) is 5.64. The molecule has 0 saturated carbocycles. The molecule has 0 saturated heterocycles. The average Bonchev–Trinajstić information content (AvgIpc) is 2.88. The lowest BCUT2D eigenvalue weighted by Crippen LogP contribution is -1.91. The Morgan fingerprint density at radius 2 is 2.10 bits per heavy atom. The van der Waals surface area contributed by atoms with Gasteiger partial charge in [0.25, 0.3) is 5.89 Å². The van der Waals surface area contributed by atoms with Crippen molar-refractivity contribution in [3.63, 3.8) is 0 Å². The number of anilines is 1. The van der Waals surface area contributed by atoms with Crippen molar-refractivity contribution in [1.82, 2.24) is 15.1 Å². The largest absolute Gasteiger partial charge is 0.398 e. The summed E-state index contributed by atoms with van der Waals surface area (Å²) >= 11 is 9.46. The molecule has 0 aliphatic heterocycles. The Kier molecular flexibility index (Phi) is 3.42. The van der Waals surface area contributed by atoms with E-state index in [0.717, 1.165) is 10.0 Å². The summed E-state index contributed by atoms with van der Waals surface area (Å²) in [6.07, 6.45) is 3.33. The number of nitrogen functional groups attached to an aromatic ring is 1. The lowest BCUT2D eigenvalue weighted by atomic mass is 10.2. The van der Waals surface area contributed by atoms with Crippen LogP contribution in [0.3, 0.4) is 0 Å². The van der Waals surface area contributed by atoms with Crippen molar-refractivity contribution in [3.05, 3.63) is 46.2 Å². The Bertz CT molecular complexity index is 754.